The zero-order chi connectivity index (χ0) is 19.6. The van der Waals surface area contributed by atoms with E-state index < -0.39 is 0 Å². The molecular formula is C25H29NO. The molecule has 2 heteroatoms. The molecule has 3 aliphatic rings. The van der Waals surface area contributed by atoms with Crippen molar-refractivity contribution >= 4 is 5.91 Å². The minimum Gasteiger partial charge on any atom is -0.323 e. The largest absolute Gasteiger partial charge is 0.323 e. The number of hydrogen-bond acceptors (Lipinski definition) is 1. The highest BCUT2D eigenvalue weighted by Crippen LogP contribution is 2.57. The molecule has 1 aromatic carbocycles. The van der Waals surface area contributed by atoms with Crippen molar-refractivity contribution in [1.29, 1.82) is 0 Å². The van der Waals surface area contributed by atoms with Crippen molar-refractivity contribution in [3.8, 4) is 11.8 Å². The molecular weight excluding hydrogens is 330 g/mol. The van der Waals surface area contributed by atoms with Crippen LogP contribution in [0, 0.1) is 17.8 Å². The van der Waals surface area contributed by atoms with E-state index in [1.807, 2.05) is 0 Å². The molecule has 2 fully saturated rings. The molecule has 27 heavy (non-hydrogen) atoms. The van der Waals surface area contributed by atoms with Crippen molar-refractivity contribution in [3.05, 3.63) is 70.8 Å². The summed E-state index contributed by atoms with van der Waals surface area (Å²) < 4.78 is 0. The van der Waals surface area contributed by atoms with Crippen LogP contribution < -0.4 is 5.32 Å². The SMILES string of the molecule is C=C=C1C#Cc2cccc(C(C)C)c2C12CC2.C=C=C1NC(=O)CCC1C.[HH]. The van der Waals surface area contributed by atoms with Gasteiger partial charge in [0.2, 0.25) is 5.91 Å². The van der Waals surface area contributed by atoms with Gasteiger partial charge >= 0.3 is 0 Å². The Kier molecular flexibility index (Phi) is 5.29. The molecule has 0 radical (unpaired) electrons. The molecule has 1 unspecified atom stereocenters. The number of allylic oxidation sites excluding steroid dienone is 2. The molecule has 140 valence electrons. The van der Waals surface area contributed by atoms with Crippen LogP contribution in [0.4, 0.5) is 0 Å². The average molecular weight is 360 g/mol. The number of carbonyl (C=O) groups is 1. The Bertz CT molecular complexity index is 942. The van der Waals surface area contributed by atoms with Crippen molar-refractivity contribution in [2.45, 2.75) is 57.8 Å². The first-order valence-corrected chi connectivity index (χ1v) is 9.68. The molecule has 1 aliphatic heterocycles. The summed E-state index contributed by atoms with van der Waals surface area (Å²) in [4.78, 5) is 10.8. The number of benzene rings is 1. The maximum absolute atomic E-state index is 10.8. The molecule has 1 saturated carbocycles. The fourth-order valence-electron chi connectivity index (χ4n) is 3.95. The molecule has 2 aliphatic carbocycles. The van der Waals surface area contributed by atoms with Crippen LogP contribution >= 0.6 is 0 Å². The molecule has 1 spiro atoms. The first-order chi connectivity index (χ1) is 12.9. The van der Waals surface area contributed by atoms with Crippen LogP contribution in [0.5, 0.6) is 0 Å². The predicted molar refractivity (Wildman–Crippen MR) is 112 cm³/mol. The second-order valence-corrected chi connectivity index (χ2v) is 7.89. The number of nitrogens with one attached hydrogen (secondary N) is 1. The van der Waals surface area contributed by atoms with E-state index in [0.29, 0.717) is 18.3 Å². The minimum absolute atomic E-state index is 0. The van der Waals surface area contributed by atoms with Gasteiger partial charge in [0.25, 0.3) is 0 Å². The summed E-state index contributed by atoms with van der Waals surface area (Å²) in [5.41, 5.74) is 12.0. The number of fused-ring (bicyclic) bond motifs is 2. The lowest BCUT2D eigenvalue weighted by molar-refractivity contribution is -0.121. The summed E-state index contributed by atoms with van der Waals surface area (Å²) in [6.45, 7) is 13.9. The fourth-order valence-corrected chi connectivity index (χ4v) is 3.95. The van der Waals surface area contributed by atoms with E-state index in [4.69, 9.17) is 0 Å². The molecule has 1 N–H and O–H groups in total. The number of rotatable bonds is 1. The smallest absolute Gasteiger partial charge is 0.224 e. The lowest BCUT2D eigenvalue weighted by atomic mass is 9.77. The normalized spacial score (nSPS) is 21.0. The molecule has 4 rings (SSSR count). The van der Waals surface area contributed by atoms with Crippen molar-refractivity contribution in [1.82, 2.24) is 5.32 Å². The number of carbonyl (C=O) groups excluding carboxylic acids is 1. The molecule has 2 nitrogen and oxygen atoms in total. The number of hydrogen-bond donors (Lipinski definition) is 1. The van der Waals surface area contributed by atoms with E-state index in [-0.39, 0.29) is 12.7 Å². The molecule has 1 atom stereocenters. The van der Waals surface area contributed by atoms with Crippen molar-refractivity contribution < 1.29 is 6.22 Å². The topological polar surface area (TPSA) is 29.1 Å². The third kappa shape index (κ3) is 3.58. The van der Waals surface area contributed by atoms with Gasteiger partial charge in [-0.3, -0.25) is 4.79 Å². The lowest BCUT2D eigenvalue weighted by Crippen LogP contribution is -2.31. The third-order valence-electron chi connectivity index (χ3n) is 5.69. The Labute approximate surface area is 164 Å². The maximum atomic E-state index is 10.8. The summed E-state index contributed by atoms with van der Waals surface area (Å²) >= 11 is 0. The monoisotopic (exact) mass is 359 g/mol. The van der Waals surface area contributed by atoms with E-state index >= 15 is 0 Å². The van der Waals surface area contributed by atoms with Gasteiger partial charge in [0.15, 0.2) is 0 Å². The third-order valence-corrected chi connectivity index (χ3v) is 5.69. The summed E-state index contributed by atoms with van der Waals surface area (Å²) in [5.74, 6) is 7.55. The first kappa shape index (κ1) is 19.1. The molecule has 1 heterocycles. The lowest BCUT2D eigenvalue weighted by Gasteiger charge is -2.25. The standard InChI is InChI=1S/C17H16.C8H11NO.H2/c1-4-14-9-8-13-6-5-7-15(12(2)3)16(13)17(14)10-11-17;1-3-7-6(2)4-5-8(10)9-7;/h5-7,12H,1,10-11H2,2-3H3;6H,1,4-5H2,2H3,(H,9,10);1H. The minimum atomic E-state index is 0. The van der Waals surface area contributed by atoms with E-state index in [2.05, 4.69) is 80.7 Å². The van der Waals surface area contributed by atoms with Crippen LogP contribution in [0.1, 0.15) is 70.5 Å². The quantitative estimate of drug-likeness (QED) is 0.530. The van der Waals surface area contributed by atoms with Crippen LogP contribution in [0.25, 0.3) is 0 Å². The first-order valence-electron chi connectivity index (χ1n) is 9.68. The Balaban J connectivity index is 0.000000221. The van der Waals surface area contributed by atoms with E-state index in [0.717, 1.165) is 17.7 Å². The highest BCUT2D eigenvalue weighted by molar-refractivity contribution is 5.78. The summed E-state index contributed by atoms with van der Waals surface area (Å²) in [6.07, 6.45) is 3.96. The van der Waals surface area contributed by atoms with E-state index in [9.17, 15) is 4.79 Å². The molecule has 1 saturated heterocycles. The fraction of sp³-hybridized carbons (Fsp3) is 0.400. The van der Waals surface area contributed by atoms with Gasteiger partial charge in [-0.1, -0.05) is 57.9 Å². The Hall–Kier alpha value is -2.71. The highest BCUT2D eigenvalue weighted by atomic mass is 16.1. The summed E-state index contributed by atoms with van der Waals surface area (Å²) in [5, 5.41) is 2.72. The van der Waals surface area contributed by atoms with Gasteiger partial charge in [0.05, 0.1) is 11.3 Å². The van der Waals surface area contributed by atoms with Gasteiger partial charge in [-0.2, -0.15) is 0 Å². The van der Waals surface area contributed by atoms with Gasteiger partial charge in [0, 0.05) is 24.7 Å². The van der Waals surface area contributed by atoms with E-state index in [1.54, 1.807) is 0 Å². The molecule has 0 aromatic heterocycles. The van der Waals surface area contributed by atoms with Crippen LogP contribution in [-0.2, 0) is 10.2 Å². The second-order valence-electron chi connectivity index (χ2n) is 7.89. The molecule has 1 amide bonds. The second kappa shape index (κ2) is 7.50. The highest BCUT2D eigenvalue weighted by Gasteiger charge is 2.51. The predicted octanol–water partition coefficient (Wildman–Crippen LogP) is 5.37. The van der Waals surface area contributed by atoms with Crippen LogP contribution in [0.2, 0.25) is 0 Å². The van der Waals surface area contributed by atoms with Crippen molar-refractivity contribution in [2.24, 2.45) is 5.92 Å². The van der Waals surface area contributed by atoms with Crippen molar-refractivity contribution in [2.75, 3.05) is 0 Å². The summed E-state index contributed by atoms with van der Waals surface area (Å²) in [6, 6.07) is 6.52. The van der Waals surface area contributed by atoms with E-state index in [1.165, 1.54) is 29.5 Å². The Morgan fingerprint density at radius 3 is 2.56 bits per heavy atom. The van der Waals surface area contributed by atoms with Gasteiger partial charge in [-0.25, -0.2) is 0 Å². The van der Waals surface area contributed by atoms with Gasteiger partial charge in [0.1, 0.15) is 0 Å². The van der Waals surface area contributed by atoms with Crippen LogP contribution in [0.3, 0.4) is 0 Å². The Morgan fingerprint density at radius 2 is 2.00 bits per heavy atom. The van der Waals surface area contributed by atoms with Gasteiger partial charge < -0.3 is 5.32 Å². The summed E-state index contributed by atoms with van der Waals surface area (Å²) in [7, 11) is 0. The van der Waals surface area contributed by atoms with Crippen LogP contribution in [-0.4, -0.2) is 5.91 Å². The number of piperidine rings is 1. The molecule has 0 bridgehead atoms. The zero-order valence-electron chi connectivity index (χ0n) is 16.5. The maximum Gasteiger partial charge on any atom is 0.224 e. The van der Waals surface area contributed by atoms with Gasteiger partial charge in [-0.15, -0.1) is 11.5 Å². The zero-order valence-corrected chi connectivity index (χ0v) is 16.5. The van der Waals surface area contributed by atoms with Gasteiger partial charge in [-0.05, 0) is 42.4 Å². The van der Waals surface area contributed by atoms with Crippen molar-refractivity contribution in [3.63, 3.8) is 0 Å². The Morgan fingerprint density at radius 1 is 1.26 bits per heavy atom. The number of amides is 1. The average Bonchev–Trinajstić information content (AvgIpc) is 3.45. The molecule has 1 aromatic rings. The van der Waals surface area contributed by atoms with Crippen LogP contribution in [0.15, 0.2) is 54.1 Å².